The van der Waals surface area contributed by atoms with Crippen LogP contribution in [0, 0.1) is 5.82 Å². The Morgan fingerprint density at radius 2 is 2.21 bits per heavy atom. The third-order valence-electron chi connectivity index (χ3n) is 1.47. The average Bonchev–Trinajstić information content (AvgIpc) is 2.12. The minimum atomic E-state index is -0.342. The first kappa shape index (κ1) is 11.5. The van der Waals surface area contributed by atoms with E-state index in [0.717, 1.165) is 5.57 Å². The Morgan fingerprint density at radius 3 is 2.79 bits per heavy atom. The van der Waals surface area contributed by atoms with Crippen LogP contribution in [-0.4, -0.2) is 12.5 Å². The molecule has 1 aromatic carbocycles. The summed E-state index contributed by atoms with van der Waals surface area (Å²) < 4.78 is 18.8. The first-order valence-corrected chi connectivity index (χ1v) is 5.26. The minimum Gasteiger partial charge on any atom is -0.489 e. The van der Waals surface area contributed by atoms with Gasteiger partial charge < -0.3 is 4.74 Å². The summed E-state index contributed by atoms with van der Waals surface area (Å²) in [5.74, 6) is 0.463. The topological polar surface area (TPSA) is 9.23 Å². The van der Waals surface area contributed by atoms with Crippen LogP contribution >= 0.6 is 27.5 Å². The average molecular weight is 280 g/mol. The molecule has 1 aromatic rings. The van der Waals surface area contributed by atoms with Crippen LogP contribution in [0.5, 0.6) is 5.75 Å². The van der Waals surface area contributed by atoms with Crippen molar-refractivity contribution in [2.75, 3.05) is 12.5 Å². The first-order valence-electron chi connectivity index (χ1n) is 3.93. The quantitative estimate of drug-likeness (QED) is 0.602. The third-order valence-corrected chi connectivity index (χ3v) is 2.30. The molecule has 1 nitrogen and oxygen atoms in total. The van der Waals surface area contributed by atoms with Gasteiger partial charge >= 0.3 is 0 Å². The van der Waals surface area contributed by atoms with Crippen molar-refractivity contribution in [2.45, 2.75) is 0 Å². The van der Waals surface area contributed by atoms with Gasteiger partial charge in [-0.25, -0.2) is 4.39 Å². The fraction of sp³-hybridized carbons (Fsp3) is 0.200. The Labute approximate surface area is 95.7 Å². The SMILES string of the molecule is C=C(CCl)COc1cc(F)cc(Br)c1. The molecule has 0 saturated carbocycles. The van der Waals surface area contributed by atoms with Gasteiger partial charge in [-0.1, -0.05) is 22.5 Å². The Hall–Kier alpha value is -0.540. The van der Waals surface area contributed by atoms with Crippen molar-refractivity contribution >= 4 is 27.5 Å². The second kappa shape index (κ2) is 5.37. The summed E-state index contributed by atoms with van der Waals surface area (Å²) in [6, 6.07) is 4.36. The molecule has 0 fully saturated rings. The van der Waals surface area contributed by atoms with Crippen LogP contribution in [0.4, 0.5) is 4.39 Å². The molecule has 4 heteroatoms. The standard InChI is InChI=1S/C10H9BrClFO/c1-7(5-12)6-14-10-3-8(11)2-9(13)4-10/h2-4H,1,5-6H2. The monoisotopic (exact) mass is 278 g/mol. The summed E-state index contributed by atoms with van der Waals surface area (Å²) in [6.45, 7) is 3.98. The fourth-order valence-corrected chi connectivity index (χ4v) is 1.36. The fourth-order valence-electron chi connectivity index (χ4n) is 0.836. The maximum Gasteiger partial charge on any atom is 0.128 e. The lowest BCUT2D eigenvalue weighted by atomic mass is 10.3. The van der Waals surface area contributed by atoms with E-state index in [-0.39, 0.29) is 5.82 Å². The molecule has 0 aliphatic heterocycles. The molecule has 0 aromatic heterocycles. The van der Waals surface area contributed by atoms with Gasteiger partial charge in [-0.15, -0.1) is 11.6 Å². The van der Waals surface area contributed by atoms with E-state index < -0.39 is 0 Å². The van der Waals surface area contributed by atoms with E-state index in [1.54, 1.807) is 6.07 Å². The molecular weight excluding hydrogens is 270 g/mol. The zero-order valence-electron chi connectivity index (χ0n) is 7.40. The molecule has 0 amide bonds. The van der Waals surface area contributed by atoms with Crippen molar-refractivity contribution in [1.29, 1.82) is 0 Å². The van der Waals surface area contributed by atoms with E-state index in [1.165, 1.54) is 12.1 Å². The van der Waals surface area contributed by atoms with Crippen molar-refractivity contribution in [3.63, 3.8) is 0 Å². The van der Waals surface area contributed by atoms with Crippen LogP contribution in [0.3, 0.4) is 0 Å². The van der Waals surface area contributed by atoms with E-state index >= 15 is 0 Å². The van der Waals surface area contributed by atoms with Crippen molar-refractivity contribution in [1.82, 2.24) is 0 Å². The van der Waals surface area contributed by atoms with E-state index in [0.29, 0.717) is 22.7 Å². The zero-order valence-corrected chi connectivity index (χ0v) is 9.74. The highest BCUT2D eigenvalue weighted by Crippen LogP contribution is 2.20. The van der Waals surface area contributed by atoms with Crippen LogP contribution in [0.25, 0.3) is 0 Å². The van der Waals surface area contributed by atoms with Crippen LogP contribution < -0.4 is 4.74 Å². The van der Waals surface area contributed by atoms with Gasteiger partial charge in [0.15, 0.2) is 0 Å². The van der Waals surface area contributed by atoms with Gasteiger partial charge in [-0.05, 0) is 17.7 Å². The molecule has 0 spiro atoms. The number of ether oxygens (including phenoxy) is 1. The smallest absolute Gasteiger partial charge is 0.128 e. The Morgan fingerprint density at radius 1 is 1.50 bits per heavy atom. The number of benzene rings is 1. The molecule has 0 bridgehead atoms. The molecule has 14 heavy (non-hydrogen) atoms. The zero-order chi connectivity index (χ0) is 10.6. The molecule has 0 heterocycles. The predicted octanol–water partition coefficient (Wildman–Crippen LogP) is 3.76. The largest absolute Gasteiger partial charge is 0.489 e. The van der Waals surface area contributed by atoms with Gasteiger partial charge in [0.2, 0.25) is 0 Å². The summed E-state index contributed by atoms with van der Waals surface area (Å²) in [4.78, 5) is 0. The van der Waals surface area contributed by atoms with Crippen LogP contribution in [-0.2, 0) is 0 Å². The van der Waals surface area contributed by atoms with Gasteiger partial charge in [-0.2, -0.15) is 0 Å². The lowest BCUT2D eigenvalue weighted by molar-refractivity contribution is 0.350. The van der Waals surface area contributed by atoms with E-state index in [9.17, 15) is 4.39 Å². The second-order valence-corrected chi connectivity index (χ2v) is 3.96. The van der Waals surface area contributed by atoms with Crippen molar-refractivity contribution in [2.24, 2.45) is 0 Å². The highest BCUT2D eigenvalue weighted by Gasteiger charge is 2.00. The molecule has 1 rings (SSSR count). The van der Waals surface area contributed by atoms with Crippen LogP contribution in [0.1, 0.15) is 0 Å². The van der Waals surface area contributed by atoms with E-state index in [4.69, 9.17) is 16.3 Å². The summed E-state index contributed by atoms with van der Waals surface area (Å²) in [5.41, 5.74) is 0.757. The molecule has 0 unspecified atom stereocenters. The number of halogens is 3. The number of rotatable bonds is 4. The number of hydrogen-bond acceptors (Lipinski definition) is 1. The predicted molar refractivity (Wildman–Crippen MR) is 59.5 cm³/mol. The van der Waals surface area contributed by atoms with Crippen molar-refractivity contribution in [3.8, 4) is 5.75 Å². The molecule has 0 aliphatic carbocycles. The van der Waals surface area contributed by atoms with Gasteiger partial charge in [0, 0.05) is 16.4 Å². The highest BCUT2D eigenvalue weighted by atomic mass is 79.9. The van der Waals surface area contributed by atoms with E-state index in [1.807, 2.05) is 0 Å². The number of hydrogen-bond donors (Lipinski definition) is 0. The molecule has 0 saturated heterocycles. The first-order chi connectivity index (χ1) is 6.61. The molecule has 0 aliphatic rings. The third kappa shape index (κ3) is 3.68. The molecule has 0 atom stereocenters. The van der Waals surface area contributed by atoms with Crippen molar-refractivity contribution in [3.05, 3.63) is 40.6 Å². The number of alkyl halides is 1. The minimum absolute atomic E-state index is 0.305. The molecule has 76 valence electrons. The molecular formula is C10H9BrClFO. The molecule has 0 radical (unpaired) electrons. The van der Waals surface area contributed by atoms with Gasteiger partial charge in [0.25, 0.3) is 0 Å². The summed E-state index contributed by atoms with van der Waals surface area (Å²) in [6.07, 6.45) is 0. The van der Waals surface area contributed by atoms with E-state index in [2.05, 4.69) is 22.5 Å². The Kier molecular flexibility index (Phi) is 4.42. The second-order valence-electron chi connectivity index (χ2n) is 2.78. The van der Waals surface area contributed by atoms with Crippen LogP contribution in [0.15, 0.2) is 34.8 Å². The lowest BCUT2D eigenvalue weighted by Crippen LogP contribution is -2.01. The highest BCUT2D eigenvalue weighted by molar-refractivity contribution is 9.10. The van der Waals surface area contributed by atoms with Gasteiger partial charge in [-0.3, -0.25) is 0 Å². The summed E-state index contributed by atoms with van der Waals surface area (Å²) in [5, 5.41) is 0. The lowest BCUT2D eigenvalue weighted by Gasteiger charge is -2.06. The Balaban J connectivity index is 2.63. The normalized spacial score (nSPS) is 9.93. The maximum absolute atomic E-state index is 12.9. The van der Waals surface area contributed by atoms with Gasteiger partial charge in [0.05, 0.1) is 0 Å². The molecule has 0 N–H and O–H groups in total. The maximum atomic E-state index is 12.9. The van der Waals surface area contributed by atoms with Crippen LogP contribution in [0.2, 0.25) is 0 Å². The summed E-state index contributed by atoms with van der Waals surface area (Å²) in [7, 11) is 0. The van der Waals surface area contributed by atoms with Gasteiger partial charge in [0.1, 0.15) is 18.2 Å². The summed E-state index contributed by atoms with van der Waals surface area (Å²) >= 11 is 8.69. The Bertz CT molecular complexity index is 321. The van der Waals surface area contributed by atoms with Crippen molar-refractivity contribution < 1.29 is 9.13 Å².